The summed E-state index contributed by atoms with van der Waals surface area (Å²) in [6, 6.07) is 8.82. The van der Waals surface area contributed by atoms with Gasteiger partial charge in [0.1, 0.15) is 11.6 Å². The number of carbonyl (C=O) groups is 2. The van der Waals surface area contributed by atoms with Gasteiger partial charge < -0.3 is 15.0 Å². The number of hydrogen-bond donors (Lipinski definition) is 1. The van der Waals surface area contributed by atoms with Crippen molar-refractivity contribution < 1.29 is 14.3 Å². The molecule has 2 rings (SSSR count). The highest BCUT2D eigenvalue weighted by Gasteiger charge is 2.47. The SMILES string of the molecule is COCCN1C(=O)C(C)(c2ccccc2)NC(=O)C1C. The van der Waals surface area contributed by atoms with Gasteiger partial charge in [-0.05, 0) is 19.4 Å². The molecule has 2 amide bonds. The molecule has 20 heavy (non-hydrogen) atoms. The largest absolute Gasteiger partial charge is 0.383 e. The van der Waals surface area contributed by atoms with Gasteiger partial charge in [-0.3, -0.25) is 9.59 Å². The van der Waals surface area contributed by atoms with Crippen LogP contribution >= 0.6 is 0 Å². The molecule has 0 spiro atoms. The third-order valence-electron chi connectivity index (χ3n) is 3.80. The lowest BCUT2D eigenvalue weighted by Crippen LogP contribution is -2.67. The predicted octanol–water partition coefficient (Wildman–Crippen LogP) is 0.895. The highest BCUT2D eigenvalue weighted by molar-refractivity contribution is 6.00. The fourth-order valence-corrected chi connectivity index (χ4v) is 2.46. The molecule has 5 nitrogen and oxygen atoms in total. The lowest BCUT2D eigenvalue weighted by atomic mass is 9.87. The second-order valence-corrected chi connectivity index (χ2v) is 5.15. The summed E-state index contributed by atoms with van der Waals surface area (Å²) in [4.78, 5) is 26.5. The van der Waals surface area contributed by atoms with Gasteiger partial charge in [-0.15, -0.1) is 0 Å². The van der Waals surface area contributed by atoms with Crippen molar-refractivity contribution in [3.63, 3.8) is 0 Å². The van der Waals surface area contributed by atoms with E-state index >= 15 is 0 Å². The lowest BCUT2D eigenvalue weighted by Gasteiger charge is -2.43. The summed E-state index contributed by atoms with van der Waals surface area (Å²) in [7, 11) is 1.58. The average molecular weight is 276 g/mol. The summed E-state index contributed by atoms with van der Waals surface area (Å²) >= 11 is 0. The van der Waals surface area contributed by atoms with E-state index in [4.69, 9.17) is 4.74 Å². The fourth-order valence-electron chi connectivity index (χ4n) is 2.46. The Hall–Kier alpha value is -1.88. The minimum atomic E-state index is -1.02. The van der Waals surface area contributed by atoms with Crippen LogP contribution < -0.4 is 5.32 Å². The van der Waals surface area contributed by atoms with E-state index in [0.29, 0.717) is 13.2 Å². The normalized spacial score (nSPS) is 26.6. The molecular formula is C15H20N2O3. The number of amides is 2. The molecule has 1 saturated heterocycles. The van der Waals surface area contributed by atoms with E-state index in [9.17, 15) is 9.59 Å². The van der Waals surface area contributed by atoms with Crippen LogP contribution in [0.3, 0.4) is 0 Å². The van der Waals surface area contributed by atoms with Crippen LogP contribution in [0.5, 0.6) is 0 Å². The van der Waals surface area contributed by atoms with Crippen LogP contribution in [0.1, 0.15) is 19.4 Å². The predicted molar refractivity (Wildman–Crippen MR) is 75.0 cm³/mol. The molecule has 5 heteroatoms. The number of nitrogens with one attached hydrogen (secondary N) is 1. The van der Waals surface area contributed by atoms with Crippen molar-refractivity contribution in [1.29, 1.82) is 0 Å². The number of nitrogens with zero attached hydrogens (tertiary/aromatic N) is 1. The maximum Gasteiger partial charge on any atom is 0.253 e. The van der Waals surface area contributed by atoms with Crippen LogP contribution in [-0.4, -0.2) is 43.0 Å². The molecule has 1 heterocycles. The molecule has 1 aromatic carbocycles. The number of methoxy groups -OCH3 is 1. The van der Waals surface area contributed by atoms with Gasteiger partial charge in [0.15, 0.2) is 0 Å². The van der Waals surface area contributed by atoms with E-state index in [1.807, 2.05) is 30.3 Å². The number of piperazine rings is 1. The third-order valence-corrected chi connectivity index (χ3v) is 3.80. The molecule has 108 valence electrons. The van der Waals surface area contributed by atoms with Crippen molar-refractivity contribution in [2.75, 3.05) is 20.3 Å². The standard InChI is InChI=1S/C15H20N2O3/c1-11-13(18)16-15(2,12-7-5-4-6-8-12)14(19)17(11)9-10-20-3/h4-8,11H,9-10H2,1-3H3,(H,16,18). The molecule has 1 N–H and O–H groups in total. The van der Waals surface area contributed by atoms with Crippen molar-refractivity contribution in [3.05, 3.63) is 35.9 Å². The first-order chi connectivity index (χ1) is 9.50. The first-order valence-corrected chi connectivity index (χ1v) is 6.68. The second kappa shape index (κ2) is 5.63. The summed E-state index contributed by atoms with van der Waals surface area (Å²) in [5, 5.41) is 2.84. The van der Waals surface area contributed by atoms with Gasteiger partial charge in [0.25, 0.3) is 5.91 Å². The van der Waals surface area contributed by atoms with E-state index < -0.39 is 11.6 Å². The number of ether oxygens (including phenoxy) is 1. The van der Waals surface area contributed by atoms with Crippen LogP contribution in [0.25, 0.3) is 0 Å². The molecule has 0 bridgehead atoms. The molecule has 2 unspecified atom stereocenters. The van der Waals surface area contributed by atoms with E-state index in [1.165, 1.54) is 0 Å². The summed E-state index contributed by atoms with van der Waals surface area (Å²) in [5.41, 5.74) is -0.230. The Morgan fingerprint density at radius 1 is 1.30 bits per heavy atom. The van der Waals surface area contributed by atoms with E-state index in [0.717, 1.165) is 5.56 Å². The zero-order chi connectivity index (χ0) is 14.8. The van der Waals surface area contributed by atoms with Gasteiger partial charge in [-0.25, -0.2) is 0 Å². The summed E-state index contributed by atoms with van der Waals surface area (Å²) in [5.74, 6) is -0.250. The summed E-state index contributed by atoms with van der Waals surface area (Å²) in [6.45, 7) is 4.29. The van der Waals surface area contributed by atoms with Crippen molar-refractivity contribution >= 4 is 11.8 Å². The van der Waals surface area contributed by atoms with Crippen molar-refractivity contribution in [1.82, 2.24) is 10.2 Å². The molecule has 0 aliphatic carbocycles. The van der Waals surface area contributed by atoms with Gasteiger partial charge in [-0.2, -0.15) is 0 Å². The first kappa shape index (κ1) is 14.5. The van der Waals surface area contributed by atoms with Crippen molar-refractivity contribution in [2.24, 2.45) is 0 Å². The minimum Gasteiger partial charge on any atom is -0.383 e. The van der Waals surface area contributed by atoms with Gasteiger partial charge >= 0.3 is 0 Å². The maximum atomic E-state index is 12.8. The Morgan fingerprint density at radius 3 is 2.55 bits per heavy atom. The highest BCUT2D eigenvalue weighted by Crippen LogP contribution is 2.28. The molecule has 0 saturated carbocycles. The Bertz CT molecular complexity index is 503. The smallest absolute Gasteiger partial charge is 0.253 e. The maximum absolute atomic E-state index is 12.8. The van der Waals surface area contributed by atoms with Crippen LogP contribution in [-0.2, 0) is 19.9 Å². The quantitative estimate of drug-likeness (QED) is 0.888. The van der Waals surface area contributed by atoms with E-state index in [1.54, 1.807) is 25.9 Å². The van der Waals surface area contributed by atoms with Crippen LogP contribution in [0.4, 0.5) is 0 Å². The minimum absolute atomic E-state index is 0.104. The molecule has 0 aromatic heterocycles. The first-order valence-electron chi connectivity index (χ1n) is 6.68. The summed E-state index contributed by atoms with van der Waals surface area (Å²) < 4.78 is 5.02. The van der Waals surface area contributed by atoms with E-state index in [-0.39, 0.29) is 11.8 Å². The molecule has 1 aromatic rings. The molecular weight excluding hydrogens is 256 g/mol. The molecule has 1 aliphatic heterocycles. The van der Waals surface area contributed by atoms with E-state index in [2.05, 4.69) is 5.32 Å². The number of carbonyl (C=O) groups excluding carboxylic acids is 2. The molecule has 1 fully saturated rings. The lowest BCUT2D eigenvalue weighted by molar-refractivity contribution is -0.154. The number of rotatable bonds is 4. The van der Waals surface area contributed by atoms with Crippen molar-refractivity contribution in [3.8, 4) is 0 Å². The molecule has 1 aliphatic rings. The Kier molecular flexibility index (Phi) is 4.09. The number of hydrogen-bond acceptors (Lipinski definition) is 3. The van der Waals surface area contributed by atoms with Crippen LogP contribution in [0.15, 0.2) is 30.3 Å². The average Bonchev–Trinajstić information content (AvgIpc) is 2.46. The van der Waals surface area contributed by atoms with Crippen LogP contribution in [0, 0.1) is 0 Å². The topological polar surface area (TPSA) is 58.6 Å². The van der Waals surface area contributed by atoms with Gasteiger partial charge in [0.05, 0.1) is 6.61 Å². The Balaban J connectivity index is 2.35. The van der Waals surface area contributed by atoms with Gasteiger partial charge in [0.2, 0.25) is 5.91 Å². The highest BCUT2D eigenvalue weighted by atomic mass is 16.5. The van der Waals surface area contributed by atoms with Crippen molar-refractivity contribution in [2.45, 2.75) is 25.4 Å². The monoisotopic (exact) mass is 276 g/mol. The zero-order valence-corrected chi connectivity index (χ0v) is 12.1. The van der Waals surface area contributed by atoms with Gasteiger partial charge in [0, 0.05) is 13.7 Å². The molecule has 2 atom stereocenters. The van der Waals surface area contributed by atoms with Crippen LogP contribution in [0.2, 0.25) is 0 Å². The third kappa shape index (κ3) is 2.41. The summed E-state index contributed by atoms with van der Waals surface area (Å²) in [6.07, 6.45) is 0. The Morgan fingerprint density at radius 2 is 1.95 bits per heavy atom. The number of benzene rings is 1. The Labute approximate surface area is 118 Å². The van der Waals surface area contributed by atoms with Gasteiger partial charge in [-0.1, -0.05) is 30.3 Å². The zero-order valence-electron chi connectivity index (χ0n) is 12.1. The second-order valence-electron chi connectivity index (χ2n) is 5.15. The molecule has 0 radical (unpaired) electrons. The fraction of sp³-hybridized carbons (Fsp3) is 0.467.